The molecule has 3 nitrogen and oxygen atoms in total. The van der Waals surface area contributed by atoms with Gasteiger partial charge in [-0.25, -0.2) is 0 Å². The number of carbonyl (C=O) groups excluding carboxylic acids is 1. The fourth-order valence-electron chi connectivity index (χ4n) is 2.02. The molecule has 0 aliphatic rings. The van der Waals surface area contributed by atoms with Gasteiger partial charge in [-0.15, -0.1) is 11.8 Å². The highest BCUT2D eigenvalue weighted by Gasteiger charge is 2.32. The number of ether oxygens (including phenoxy) is 1. The molecule has 0 aliphatic carbocycles. The van der Waals surface area contributed by atoms with Crippen molar-refractivity contribution < 1.29 is 9.53 Å². The van der Waals surface area contributed by atoms with Crippen LogP contribution in [0.3, 0.4) is 0 Å². The Hall–Kier alpha value is -1.00. The van der Waals surface area contributed by atoms with Crippen LogP contribution in [0, 0.1) is 0 Å². The van der Waals surface area contributed by atoms with Crippen molar-refractivity contribution in [3.63, 3.8) is 0 Å². The lowest BCUT2D eigenvalue weighted by Gasteiger charge is -2.28. The first-order valence-corrected chi connectivity index (χ1v) is 8.12. The van der Waals surface area contributed by atoms with Gasteiger partial charge >= 0.3 is 5.97 Å². The summed E-state index contributed by atoms with van der Waals surface area (Å²) in [6.45, 7) is 4.86. The van der Waals surface area contributed by atoms with Crippen molar-refractivity contribution in [3.8, 4) is 0 Å². The molecule has 0 heterocycles. The van der Waals surface area contributed by atoms with Gasteiger partial charge in [0.05, 0.1) is 7.11 Å². The number of esters is 1. The van der Waals surface area contributed by atoms with Gasteiger partial charge in [-0.05, 0) is 50.6 Å². The molecule has 1 atom stereocenters. The number of thioether (sulfide) groups is 1. The molecule has 0 amide bonds. The molecule has 0 saturated carbocycles. The predicted molar refractivity (Wildman–Crippen MR) is 85.1 cm³/mol. The SMILES string of the molecule is CCCNC(C)(CCCSc1ccccc1)C(=O)OC. The van der Waals surface area contributed by atoms with Crippen LogP contribution in [0.1, 0.15) is 33.1 Å². The summed E-state index contributed by atoms with van der Waals surface area (Å²) >= 11 is 1.82. The zero-order valence-corrected chi connectivity index (χ0v) is 13.5. The first-order chi connectivity index (χ1) is 9.62. The maximum absolute atomic E-state index is 11.9. The number of nitrogens with one attached hydrogen (secondary N) is 1. The second-order valence-corrected chi connectivity index (χ2v) is 6.18. The lowest BCUT2D eigenvalue weighted by Crippen LogP contribution is -2.50. The predicted octanol–water partition coefficient (Wildman–Crippen LogP) is 3.49. The molecule has 0 aliphatic heterocycles. The molecular formula is C16H25NO2S. The minimum Gasteiger partial charge on any atom is -0.468 e. The summed E-state index contributed by atoms with van der Waals surface area (Å²) in [6, 6.07) is 10.3. The number of rotatable bonds is 9. The Bertz CT molecular complexity index is 397. The Morgan fingerprint density at radius 2 is 2.05 bits per heavy atom. The molecular weight excluding hydrogens is 270 g/mol. The maximum atomic E-state index is 11.9. The van der Waals surface area contributed by atoms with Crippen molar-refractivity contribution in [1.82, 2.24) is 5.32 Å². The van der Waals surface area contributed by atoms with Crippen molar-refractivity contribution in [2.75, 3.05) is 19.4 Å². The van der Waals surface area contributed by atoms with Crippen LogP contribution < -0.4 is 5.32 Å². The third-order valence-electron chi connectivity index (χ3n) is 3.23. The molecule has 1 aromatic carbocycles. The van der Waals surface area contributed by atoms with Crippen LogP contribution in [-0.4, -0.2) is 30.9 Å². The van der Waals surface area contributed by atoms with Gasteiger partial charge < -0.3 is 10.1 Å². The van der Waals surface area contributed by atoms with Gasteiger partial charge in [0.15, 0.2) is 0 Å². The van der Waals surface area contributed by atoms with E-state index in [9.17, 15) is 4.79 Å². The number of carbonyl (C=O) groups is 1. The summed E-state index contributed by atoms with van der Waals surface area (Å²) in [6.07, 6.45) is 2.77. The van der Waals surface area contributed by atoms with E-state index in [0.717, 1.165) is 31.6 Å². The molecule has 0 saturated heterocycles. The highest BCUT2D eigenvalue weighted by atomic mass is 32.2. The van der Waals surface area contributed by atoms with E-state index in [0.29, 0.717) is 0 Å². The van der Waals surface area contributed by atoms with Gasteiger partial charge in [-0.2, -0.15) is 0 Å². The summed E-state index contributed by atoms with van der Waals surface area (Å²) in [5.41, 5.74) is -0.567. The Balaban J connectivity index is 2.40. The maximum Gasteiger partial charge on any atom is 0.325 e. The summed E-state index contributed by atoms with van der Waals surface area (Å²) in [4.78, 5) is 13.2. The molecule has 1 aromatic rings. The van der Waals surface area contributed by atoms with E-state index < -0.39 is 5.54 Å². The van der Waals surface area contributed by atoms with Gasteiger partial charge in [-0.3, -0.25) is 4.79 Å². The second-order valence-electron chi connectivity index (χ2n) is 5.02. The van der Waals surface area contributed by atoms with Gasteiger partial charge in [-0.1, -0.05) is 25.1 Å². The number of hydrogen-bond acceptors (Lipinski definition) is 4. The van der Waals surface area contributed by atoms with Gasteiger partial charge in [0.25, 0.3) is 0 Å². The van der Waals surface area contributed by atoms with Crippen LogP contribution in [0.25, 0.3) is 0 Å². The van der Waals surface area contributed by atoms with Crippen molar-refractivity contribution in [2.24, 2.45) is 0 Å². The molecule has 1 unspecified atom stereocenters. The lowest BCUT2D eigenvalue weighted by atomic mass is 9.96. The monoisotopic (exact) mass is 295 g/mol. The van der Waals surface area contributed by atoms with Crippen molar-refractivity contribution >= 4 is 17.7 Å². The topological polar surface area (TPSA) is 38.3 Å². The molecule has 20 heavy (non-hydrogen) atoms. The molecule has 1 rings (SSSR count). The van der Waals surface area contributed by atoms with E-state index in [2.05, 4.69) is 24.4 Å². The average Bonchev–Trinajstić information content (AvgIpc) is 2.49. The van der Waals surface area contributed by atoms with Crippen molar-refractivity contribution in [2.45, 2.75) is 43.5 Å². The molecule has 112 valence electrons. The van der Waals surface area contributed by atoms with E-state index in [1.807, 2.05) is 36.9 Å². The summed E-state index contributed by atoms with van der Waals surface area (Å²) in [7, 11) is 1.45. The first-order valence-electron chi connectivity index (χ1n) is 7.13. The average molecular weight is 295 g/mol. The van der Waals surface area contributed by atoms with E-state index >= 15 is 0 Å². The van der Waals surface area contributed by atoms with E-state index in [1.165, 1.54) is 12.0 Å². The van der Waals surface area contributed by atoms with Crippen molar-refractivity contribution in [1.29, 1.82) is 0 Å². The van der Waals surface area contributed by atoms with Gasteiger partial charge in [0.2, 0.25) is 0 Å². The highest BCUT2D eigenvalue weighted by Crippen LogP contribution is 2.21. The van der Waals surface area contributed by atoms with E-state index in [1.54, 1.807) is 0 Å². The quantitative estimate of drug-likeness (QED) is 0.430. The second kappa shape index (κ2) is 9.03. The Kier molecular flexibility index (Phi) is 7.70. The van der Waals surface area contributed by atoms with Crippen LogP contribution in [0.15, 0.2) is 35.2 Å². The Morgan fingerprint density at radius 3 is 2.65 bits per heavy atom. The Morgan fingerprint density at radius 1 is 1.35 bits per heavy atom. The van der Waals surface area contributed by atoms with Crippen LogP contribution in [0.5, 0.6) is 0 Å². The molecule has 0 aromatic heterocycles. The minimum absolute atomic E-state index is 0.171. The molecule has 0 bridgehead atoms. The van der Waals surface area contributed by atoms with Gasteiger partial charge in [0.1, 0.15) is 5.54 Å². The van der Waals surface area contributed by atoms with E-state index in [4.69, 9.17) is 4.74 Å². The fourth-order valence-corrected chi connectivity index (χ4v) is 2.90. The molecule has 0 spiro atoms. The Labute approximate surface area is 126 Å². The normalized spacial score (nSPS) is 13.8. The highest BCUT2D eigenvalue weighted by molar-refractivity contribution is 7.99. The first kappa shape index (κ1) is 17.1. The smallest absolute Gasteiger partial charge is 0.325 e. The summed E-state index contributed by atoms with van der Waals surface area (Å²) in [5, 5.41) is 3.31. The summed E-state index contributed by atoms with van der Waals surface area (Å²) in [5.74, 6) is 0.834. The zero-order valence-electron chi connectivity index (χ0n) is 12.6. The third-order valence-corrected chi connectivity index (χ3v) is 4.33. The van der Waals surface area contributed by atoms with Crippen LogP contribution in [0.4, 0.5) is 0 Å². The third kappa shape index (κ3) is 5.55. The van der Waals surface area contributed by atoms with E-state index in [-0.39, 0.29) is 5.97 Å². The molecule has 0 radical (unpaired) electrons. The number of benzene rings is 1. The minimum atomic E-state index is -0.567. The van der Waals surface area contributed by atoms with Crippen LogP contribution >= 0.6 is 11.8 Å². The summed E-state index contributed by atoms with van der Waals surface area (Å²) < 4.78 is 4.92. The molecule has 0 fully saturated rings. The van der Waals surface area contributed by atoms with Gasteiger partial charge in [0, 0.05) is 4.90 Å². The number of methoxy groups -OCH3 is 1. The molecule has 4 heteroatoms. The van der Waals surface area contributed by atoms with Crippen LogP contribution in [-0.2, 0) is 9.53 Å². The largest absolute Gasteiger partial charge is 0.468 e. The molecule has 1 N–H and O–H groups in total. The number of hydrogen-bond donors (Lipinski definition) is 1. The lowest BCUT2D eigenvalue weighted by molar-refractivity contribution is -0.148. The zero-order chi connectivity index (χ0) is 14.8. The van der Waals surface area contributed by atoms with Crippen molar-refractivity contribution in [3.05, 3.63) is 30.3 Å². The van der Waals surface area contributed by atoms with Crippen LogP contribution in [0.2, 0.25) is 0 Å². The fraction of sp³-hybridized carbons (Fsp3) is 0.562. The standard InChI is InChI=1S/C16H25NO2S/c1-4-12-17-16(2,15(18)19-3)11-8-13-20-14-9-6-5-7-10-14/h5-7,9-10,17H,4,8,11-13H2,1-3H3.